The largest absolute Gasteiger partial charge is 0.343 e. The van der Waals surface area contributed by atoms with Crippen LogP contribution in [0.25, 0.3) is 11.7 Å². The monoisotopic (exact) mass is 465 g/mol. The Bertz CT molecular complexity index is 1330. The number of fused-ring (bicyclic) bond motifs is 1. The molecule has 3 aromatic rings. The van der Waals surface area contributed by atoms with Gasteiger partial charge in [0, 0.05) is 22.7 Å². The Morgan fingerprint density at radius 3 is 2.24 bits per heavy atom. The van der Waals surface area contributed by atoms with Crippen molar-refractivity contribution in [2.75, 3.05) is 4.90 Å². The summed E-state index contributed by atoms with van der Waals surface area (Å²) in [5.74, 6) is 0.202. The highest BCUT2D eigenvalue weighted by atomic mass is 32.1. The van der Waals surface area contributed by atoms with E-state index in [9.17, 15) is 10.1 Å². The molecule has 0 spiro atoms. The molecule has 8 heteroatoms. The van der Waals surface area contributed by atoms with Gasteiger partial charge in [-0.3, -0.25) is 4.79 Å². The molecule has 0 saturated carbocycles. The van der Waals surface area contributed by atoms with E-state index in [0.717, 1.165) is 15.7 Å². The van der Waals surface area contributed by atoms with Gasteiger partial charge < -0.3 is 4.90 Å². The van der Waals surface area contributed by atoms with Crippen molar-refractivity contribution in [1.82, 2.24) is 19.6 Å². The fraction of sp³-hybridized carbons (Fsp3) is 0.520. The molecule has 174 valence electrons. The number of thiazole rings is 1. The maximum absolute atomic E-state index is 13.6. The van der Waals surface area contributed by atoms with E-state index in [-0.39, 0.29) is 34.6 Å². The van der Waals surface area contributed by atoms with Gasteiger partial charge in [-0.25, -0.2) is 9.38 Å². The van der Waals surface area contributed by atoms with Crippen LogP contribution in [0.1, 0.15) is 88.8 Å². The topological polar surface area (TPSA) is 87.2 Å². The van der Waals surface area contributed by atoms with E-state index in [2.05, 4.69) is 76.6 Å². The number of hydrogen-bond donors (Lipinski definition) is 0. The van der Waals surface area contributed by atoms with Gasteiger partial charge in [-0.05, 0) is 53.2 Å². The molecule has 0 fully saturated rings. The zero-order valence-corrected chi connectivity index (χ0v) is 21.8. The molecular formula is C25H33N6OS+. The molecule has 3 heterocycles. The zero-order valence-electron chi connectivity index (χ0n) is 21.0. The first-order valence-electron chi connectivity index (χ1n) is 11.3. The standard InChI is InChI=1S/C25H33N6OS/c1-13(2)21-28-29-22-18(12-26)16(7)17(23(32)31(21)22)11-19-20(25(8,9)10)27-24(33-19)30(14(3)4)15(5)6/h11,13-15H,1H2,2-10H3/q+1/b17-11-. The average molecular weight is 466 g/mol. The van der Waals surface area contributed by atoms with E-state index in [1.165, 1.54) is 4.40 Å². The van der Waals surface area contributed by atoms with Crippen LogP contribution in [0.4, 0.5) is 5.13 Å². The zero-order chi connectivity index (χ0) is 24.8. The predicted molar refractivity (Wildman–Crippen MR) is 135 cm³/mol. The van der Waals surface area contributed by atoms with Crippen molar-refractivity contribution >= 4 is 28.2 Å². The van der Waals surface area contributed by atoms with Crippen molar-refractivity contribution in [3.63, 3.8) is 0 Å². The van der Waals surface area contributed by atoms with Crippen LogP contribution in [0, 0.1) is 25.2 Å². The number of hydrogen-bond acceptors (Lipinski definition) is 7. The second-order valence-electron chi connectivity index (χ2n) is 10.1. The molecule has 1 unspecified atom stereocenters. The SMILES string of the molecule is [CH2+]C(C)c1nnc2c(C#N)c(C)/c(=C/c3sc(N(C(C)C)C(C)C)nc3C(C)(C)C)c(=O)n12. The van der Waals surface area contributed by atoms with Gasteiger partial charge in [0.15, 0.2) is 22.5 Å². The fourth-order valence-corrected chi connectivity index (χ4v) is 5.59. The Morgan fingerprint density at radius 2 is 1.76 bits per heavy atom. The quantitative estimate of drug-likeness (QED) is 0.527. The number of nitriles is 1. The molecule has 3 rings (SSSR count). The summed E-state index contributed by atoms with van der Waals surface area (Å²) in [6, 6.07) is 2.79. The van der Waals surface area contributed by atoms with Crippen molar-refractivity contribution in [3.05, 3.63) is 50.0 Å². The summed E-state index contributed by atoms with van der Waals surface area (Å²) in [6.07, 6.45) is 1.88. The maximum Gasteiger partial charge on any atom is 0.265 e. The van der Waals surface area contributed by atoms with Crippen LogP contribution in [0.15, 0.2) is 4.79 Å². The van der Waals surface area contributed by atoms with Gasteiger partial charge in [0.25, 0.3) is 5.56 Å². The number of aromatic nitrogens is 4. The molecule has 0 saturated heterocycles. The summed E-state index contributed by atoms with van der Waals surface area (Å²) in [7, 11) is 0. The minimum absolute atomic E-state index is 0.219. The van der Waals surface area contributed by atoms with Crippen LogP contribution < -0.4 is 15.7 Å². The molecule has 1 atom stereocenters. The minimum atomic E-state index is -0.249. The number of pyridine rings is 1. The van der Waals surface area contributed by atoms with Crippen molar-refractivity contribution in [2.45, 2.75) is 85.7 Å². The molecular weight excluding hydrogens is 432 g/mol. The lowest BCUT2D eigenvalue weighted by Crippen LogP contribution is -2.37. The predicted octanol–water partition coefficient (Wildman–Crippen LogP) is 4.13. The first-order valence-corrected chi connectivity index (χ1v) is 12.1. The van der Waals surface area contributed by atoms with E-state index in [4.69, 9.17) is 4.98 Å². The maximum atomic E-state index is 13.6. The van der Waals surface area contributed by atoms with Gasteiger partial charge >= 0.3 is 0 Å². The molecule has 0 aromatic carbocycles. The van der Waals surface area contributed by atoms with Crippen molar-refractivity contribution in [3.8, 4) is 6.07 Å². The van der Waals surface area contributed by atoms with Gasteiger partial charge in [0.1, 0.15) is 11.6 Å². The van der Waals surface area contributed by atoms with Crippen LogP contribution in [0.3, 0.4) is 0 Å². The van der Waals surface area contributed by atoms with E-state index in [1.54, 1.807) is 18.3 Å². The molecule has 0 bridgehead atoms. The second kappa shape index (κ2) is 8.79. The molecule has 33 heavy (non-hydrogen) atoms. The van der Waals surface area contributed by atoms with Gasteiger partial charge in [-0.2, -0.15) is 5.26 Å². The Morgan fingerprint density at radius 1 is 1.15 bits per heavy atom. The van der Waals surface area contributed by atoms with Crippen LogP contribution in [-0.4, -0.2) is 31.7 Å². The average Bonchev–Trinajstić information content (AvgIpc) is 3.29. The van der Waals surface area contributed by atoms with E-state index in [0.29, 0.717) is 22.2 Å². The summed E-state index contributed by atoms with van der Waals surface area (Å²) in [4.78, 5) is 21.8. The Kier molecular flexibility index (Phi) is 6.58. The van der Waals surface area contributed by atoms with Crippen molar-refractivity contribution in [2.24, 2.45) is 0 Å². The van der Waals surface area contributed by atoms with Crippen molar-refractivity contribution < 1.29 is 0 Å². The molecule has 3 aromatic heterocycles. The Balaban J connectivity index is 2.42. The first kappa shape index (κ1) is 24.7. The lowest BCUT2D eigenvalue weighted by Gasteiger charge is -2.30. The fourth-order valence-electron chi connectivity index (χ4n) is 4.10. The third-order valence-corrected chi connectivity index (χ3v) is 6.65. The number of rotatable bonds is 5. The number of anilines is 1. The molecule has 0 aliphatic heterocycles. The van der Waals surface area contributed by atoms with E-state index < -0.39 is 0 Å². The van der Waals surface area contributed by atoms with Crippen LogP contribution in [0.2, 0.25) is 0 Å². The van der Waals surface area contributed by atoms with Gasteiger partial charge in [0.2, 0.25) is 0 Å². The smallest absolute Gasteiger partial charge is 0.265 e. The van der Waals surface area contributed by atoms with Crippen LogP contribution in [-0.2, 0) is 5.41 Å². The molecule has 0 amide bonds. The summed E-state index contributed by atoms with van der Waals surface area (Å²) >= 11 is 1.58. The number of nitrogens with zero attached hydrogens (tertiary/aromatic N) is 6. The summed E-state index contributed by atoms with van der Waals surface area (Å²) in [5, 5.41) is 19.5. The lowest BCUT2D eigenvalue weighted by molar-refractivity contribution is 0.564. The third kappa shape index (κ3) is 4.34. The van der Waals surface area contributed by atoms with Gasteiger partial charge in [-0.15, -0.1) is 10.2 Å². The van der Waals surface area contributed by atoms with Gasteiger partial charge in [0.05, 0.1) is 17.5 Å². The van der Waals surface area contributed by atoms with Gasteiger partial charge in [-0.1, -0.05) is 32.1 Å². The molecule has 0 radical (unpaired) electrons. The summed E-state index contributed by atoms with van der Waals surface area (Å²) in [6.45, 7) is 22.6. The highest BCUT2D eigenvalue weighted by Gasteiger charge is 2.27. The van der Waals surface area contributed by atoms with E-state index in [1.807, 2.05) is 13.0 Å². The normalized spacial score (nSPS) is 13.8. The Labute approximate surface area is 199 Å². The van der Waals surface area contributed by atoms with Crippen molar-refractivity contribution in [1.29, 1.82) is 5.26 Å². The molecule has 0 aliphatic carbocycles. The van der Waals surface area contributed by atoms with Crippen LogP contribution in [0.5, 0.6) is 0 Å². The lowest BCUT2D eigenvalue weighted by atomic mass is 9.91. The summed E-state index contributed by atoms with van der Waals surface area (Å²) in [5.41, 5.74) is 1.72. The highest BCUT2D eigenvalue weighted by molar-refractivity contribution is 7.16. The Hall–Kier alpha value is -2.92. The molecule has 7 nitrogen and oxygen atoms in total. The third-order valence-electron chi connectivity index (χ3n) is 5.64. The minimum Gasteiger partial charge on any atom is -0.343 e. The van der Waals surface area contributed by atoms with E-state index >= 15 is 0 Å². The highest BCUT2D eigenvalue weighted by Crippen LogP contribution is 2.36. The second-order valence-corrected chi connectivity index (χ2v) is 11.2. The molecule has 0 aliphatic rings. The summed E-state index contributed by atoms with van der Waals surface area (Å²) < 4.78 is 1.43. The first-order chi connectivity index (χ1) is 15.3. The van der Waals surface area contributed by atoms with Crippen LogP contribution >= 0.6 is 11.3 Å². The molecule has 0 N–H and O–H groups in total.